The summed E-state index contributed by atoms with van der Waals surface area (Å²) in [5.41, 5.74) is 6.22. The average molecular weight is 301 g/mol. The second kappa shape index (κ2) is 5.59. The number of carbonyl (C=O) groups is 1. The van der Waals surface area contributed by atoms with Crippen molar-refractivity contribution in [3.63, 3.8) is 0 Å². The number of amides is 1. The molecule has 0 bridgehead atoms. The van der Waals surface area contributed by atoms with Crippen molar-refractivity contribution in [2.24, 2.45) is 5.73 Å². The number of carbonyl (C=O) groups excluding carboxylic acids is 1. The molecule has 3 rings (SSSR count). The number of nitrogens with one attached hydrogen (secondary N) is 1. The Morgan fingerprint density at radius 2 is 2.19 bits per heavy atom. The van der Waals surface area contributed by atoms with Crippen LogP contribution in [0.2, 0.25) is 0 Å². The minimum atomic E-state index is -0.423. The van der Waals surface area contributed by atoms with Crippen LogP contribution in [-0.2, 0) is 6.54 Å². The Morgan fingerprint density at radius 3 is 2.90 bits per heavy atom. The lowest BCUT2D eigenvalue weighted by molar-refractivity contribution is 0.103. The first-order valence-electron chi connectivity index (χ1n) is 6.32. The normalized spacial score (nSPS) is 10.8. The van der Waals surface area contributed by atoms with E-state index in [0.29, 0.717) is 16.1 Å². The van der Waals surface area contributed by atoms with E-state index in [4.69, 9.17) is 5.73 Å². The Bertz CT molecular complexity index is 783. The summed E-state index contributed by atoms with van der Waals surface area (Å²) in [6.07, 6.45) is 1.68. The van der Waals surface area contributed by atoms with E-state index in [1.807, 2.05) is 12.1 Å². The van der Waals surface area contributed by atoms with Gasteiger partial charge in [-0.25, -0.2) is 9.37 Å². The summed E-state index contributed by atoms with van der Waals surface area (Å²) in [5.74, 6) is -0.703. The minimum absolute atomic E-state index is 0.127. The highest BCUT2D eigenvalue weighted by molar-refractivity contribution is 7.20. The van der Waals surface area contributed by atoms with E-state index in [0.717, 1.165) is 10.2 Å². The van der Waals surface area contributed by atoms with E-state index >= 15 is 0 Å². The van der Waals surface area contributed by atoms with E-state index in [1.165, 1.54) is 17.4 Å². The highest BCUT2D eigenvalue weighted by Crippen LogP contribution is 2.24. The predicted octanol–water partition coefficient (Wildman–Crippen LogP) is 3.15. The average Bonchev–Trinajstić information content (AvgIpc) is 2.91. The van der Waals surface area contributed by atoms with Gasteiger partial charge in [0, 0.05) is 29.4 Å². The Hall–Kier alpha value is -2.31. The van der Waals surface area contributed by atoms with Crippen molar-refractivity contribution >= 4 is 33.1 Å². The van der Waals surface area contributed by atoms with E-state index < -0.39 is 5.82 Å². The molecule has 0 aliphatic rings. The number of aromatic nitrogens is 1. The van der Waals surface area contributed by atoms with Gasteiger partial charge in [-0.3, -0.25) is 4.79 Å². The molecule has 3 aromatic rings. The zero-order valence-electron chi connectivity index (χ0n) is 11.0. The van der Waals surface area contributed by atoms with E-state index in [1.54, 1.807) is 24.4 Å². The number of nitrogens with zero attached hydrogens (tertiary/aromatic N) is 1. The number of fused-ring (bicyclic) bond motifs is 1. The summed E-state index contributed by atoms with van der Waals surface area (Å²) < 4.78 is 13.6. The van der Waals surface area contributed by atoms with Crippen molar-refractivity contribution in [2.45, 2.75) is 6.54 Å². The molecule has 6 heteroatoms. The molecule has 0 fully saturated rings. The molecule has 106 valence electrons. The SMILES string of the molecule is NCc1ccc(NC(=O)c2cc3cccnc3s2)cc1F. The predicted molar refractivity (Wildman–Crippen MR) is 81.9 cm³/mol. The third-order valence-corrected chi connectivity index (χ3v) is 4.11. The van der Waals surface area contributed by atoms with Gasteiger partial charge in [-0.2, -0.15) is 0 Å². The third kappa shape index (κ3) is 2.76. The van der Waals surface area contributed by atoms with Gasteiger partial charge in [0.2, 0.25) is 0 Å². The first kappa shape index (κ1) is 13.7. The van der Waals surface area contributed by atoms with Crippen molar-refractivity contribution in [1.82, 2.24) is 4.98 Å². The van der Waals surface area contributed by atoms with Crippen molar-refractivity contribution in [1.29, 1.82) is 0 Å². The fourth-order valence-corrected chi connectivity index (χ4v) is 2.86. The second-order valence-electron chi connectivity index (χ2n) is 4.47. The molecule has 21 heavy (non-hydrogen) atoms. The maximum Gasteiger partial charge on any atom is 0.265 e. The van der Waals surface area contributed by atoms with Gasteiger partial charge in [0.1, 0.15) is 10.6 Å². The highest BCUT2D eigenvalue weighted by Gasteiger charge is 2.12. The van der Waals surface area contributed by atoms with Gasteiger partial charge in [-0.05, 0) is 24.3 Å². The first-order valence-corrected chi connectivity index (χ1v) is 7.13. The number of thiophene rings is 1. The van der Waals surface area contributed by atoms with Gasteiger partial charge in [0.25, 0.3) is 5.91 Å². The van der Waals surface area contributed by atoms with E-state index in [9.17, 15) is 9.18 Å². The monoisotopic (exact) mass is 301 g/mol. The fraction of sp³-hybridized carbons (Fsp3) is 0.0667. The standard InChI is InChI=1S/C15H12FN3OS/c16-12-7-11(4-3-10(12)8-17)19-14(20)13-6-9-2-1-5-18-15(9)21-13/h1-7H,8,17H2,(H,19,20). The number of benzene rings is 1. The zero-order chi connectivity index (χ0) is 14.8. The maximum atomic E-state index is 13.6. The third-order valence-electron chi connectivity index (χ3n) is 3.05. The van der Waals surface area contributed by atoms with Crippen LogP contribution < -0.4 is 11.1 Å². The molecule has 1 amide bonds. The first-order chi connectivity index (χ1) is 10.2. The van der Waals surface area contributed by atoms with Crippen LogP contribution in [0.25, 0.3) is 10.2 Å². The molecule has 3 N–H and O–H groups in total. The highest BCUT2D eigenvalue weighted by atomic mass is 32.1. The number of halogens is 1. The van der Waals surface area contributed by atoms with Crippen molar-refractivity contribution in [2.75, 3.05) is 5.32 Å². The summed E-state index contributed by atoms with van der Waals surface area (Å²) in [6.45, 7) is 0.127. The molecule has 0 saturated carbocycles. The van der Waals surface area contributed by atoms with Crippen LogP contribution in [0, 0.1) is 5.82 Å². The van der Waals surface area contributed by atoms with E-state index in [-0.39, 0.29) is 12.5 Å². The Morgan fingerprint density at radius 1 is 1.33 bits per heavy atom. The molecule has 0 aliphatic carbocycles. The lowest BCUT2D eigenvalue weighted by Crippen LogP contribution is -2.10. The number of anilines is 1. The summed E-state index contributed by atoms with van der Waals surface area (Å²) in [4.78, 5) is 17.7. The maximum absolute atomic E-state index is 13.6. The topological polar surface area (TPSA) is 68.0 Å². The van der Waals surface area contributed by atoms with Gasteiger partial charge < -0.3 is 11.1 Å². The number of nitrogens with two attached hydrogens (primary N) is 1. The van der Waals surface area contributed by atoms with Gasteiger partial charge in [0.15, 0.2) is 0 Å². The van der Waals surface area contributed by atoms with Gasteiger partial charge in [-0.15, -0.1) is 11.3 Å². The Balaban J connectivity index is 1.84. The molecule has 2 aromatic heterocycles. The molecule has 0 atom stereocenters. The van der Waals surface area contributed by atoms with Gasteiger partial charge in [0.05, 0.1) is 4.88 Å². The second-order valence-corrected chi connectivity index (χ2v) is 5.50. The van der Waals surface area contributed by atoms with Crippen LogP contribution in [-0.4, -0.2) is 10.9 Å². The lowest BCUT2D eigenvalue weighted by Gasteiger charge is -2.05. The van der Waals surface area contributed by atoms with Crippen LogP contribution in [0.1, 0.15) is 15.2 Å². The van der Waals surface area contributed by atoms with Crippen LogP contribution >= 0.6 is 11.3 Å². The molecule has 0 unspecified atom stereocenters. The van der Waals surface area contributed by atoms with Gasteiger partial charge in [-0.1, -0.05) is 12.1 Å². The van der Waals surface area contributed by atoms with Crippen LogP contribution in [0.5, 0.6) is 0 Å². The van der Waals surface area contributed by atoms with Crippen LogP contribution in [0.15, 0.2) is 42.6 Å². The molecule has 0 saturated heterocycles. The van der Waals surface area contributed by atoms with Crippen LogP contribution in [0.3, 0.4) is 0 Å². The molecular weight excluding hydrogens is 289 g/mol. The smallest absolute Gasteiger partial charge is 0.265 e. The number of hydrogen-bond donors (Lipinski definition) is 2. The molecule has 2 heterocycles. The summed E-state index contributed by atoms with van der Waals surface area (Å²) >= 11 is 1.30. The lowest BCUT2D eigenvalue weighted by atomic mass is 10.2. The summed E-state index contributed by atoms with van der Waals surface area (Å²) in [5, 5.41) is 3.59. The van der Waals surface area contributed by atoms with Crippen molar-refractivity contribution in [3.05, 3.63) is 58.9 Å². The molecular formula is C15H12FN3OS. The van der Waals surface area contributed by atoms with Gasteiger partial charge >= 0.3 is 0 Å². The minimum Gasteiger partial charge on any atom is -0.326 e. The molecule has 1 aromatic carbocycles. The van der Waals surface area contributed by atoms with Crippen molar-refractivity contribution in [3.8, 4) is 0 Å². The summed E-state index contributed by atoms with van der Waals surface area (Å²) in [6, 6.07) is 9.95. The van der Waals surface area contributed by atoms with Crippen molar-refractivity contribution < 1.29 is 9.18 Å². The Kier molecular flexibility index (Phi) is 3.64. The molecule has 0 spiro atoms. The Labute approximate surface area is 124 Å². The number of pyridine rings is 1. The number of rotatable bonds is 3. The number of hydrogen-bond acceptors (Lipinski definition) is 4. The van der Waals surface area contributed by atoms with E-state index in [2.05, 4.69) is 10.3 Å². The molecule has 4 nitrogen and oxygen atoms in total. The quantitative estimate of drug-likeness (QED) is 0.781. The largest absolute Gasteiger partial charge is 0.326 e. The summed E-state index contributed by atoms with van der Waals surface area (Å²) in [7, 11) is 0. The molecule has 0 aliphatic heterocycles. The fourth-order valence-electron chi connectivity index (χ4n) is 1.97. The zero-order valence-corrected chi connectivity index (χ0v) is 11.8. The van der Waals surface area contributed by atoms with Crippen LogP contribution in [0.4, 0.5) is 10.1 Å². The molecule has 0 radical (unpaired) electrons.